The molecule has 0 spiro atoms. The second-order valence-electron chi connectivity index (χ2n) is 6.08. The Balaban J connectivity index is 1.53. The van der Waals surface area contributed by atoms with E-state index in [2.05, 4.69) is 36.7 Å². The molecule has 0 aliphatic rings. The minimum atomic E-state index is -0.209. The Bertz CT molecular complexity index is 1140. The van der Waals surface area contributed by atoms with Gasteiger partial charge in [0.05, 0.1) is 12.0 Å². The number of nitrogens with zero attached hydrogens (tertiary/aromatic N) is 4. The summed E-state index contributed by atoms with van der Waals surface area (Å²) in [6.07, 6.45) is 1.63. The Morgan fingerprint density at radius 2 is 1.90 bits per heavy atom. The Hall–Kier alpha value is -2.75. The molecule has 0 unspecified atom stereocenters. The van der Waals surface area contributed by atoms with Crippen LogP contribution >= 0.6 is 39.0 Å². The van der Waals surface area contributed by atoms with Crippen molar-refractivity contribution in [2.45, 2.75) is 5.16 Å². The van der Waals surface area contributed by atoms with Crippen LogP contribution < -0.4 is 5.43 Å². The Labute approximate surface area is 190 Å². The van der Waals surface area contributed by atoms with E-state index in [9.17, 15) is 4.79 Å². The first kappa shape index (κ1) is 20.5. The van der Waals surface area contributed by atoms with Gasteiger partial charge in [0.2, 0.25) is 0 Å². The number of benzene rings is 2. The molecule has 0 radical (unpaired) electrons. The molecule has 0 aliphatic carbocycles. The Kier molecular flexibility index (Phi) is 6.73. The quantitative estimate of drug-likeness (QED) is 0.221. The topological polar surface area (TPSA) is 72.2 Å². The maximum atomic E-state index is 12.2. The summed E-state index contributed by atoms with van der Waals surface area (Å²) in [5.74, 6) is 0.682. The van der Waals surface area contributed by atoms with Gasteiger partial charge in [0.15, 0.2) is 11.0 Å². The molecular weight excluding hydrogens is 482 g/mol. The maximum Gasteiger partial charge on any atom is 0.250 e. The lowest BCUT2D eigenvalue weighted by atomic mass is 10.2. The molecule has 0 saturated heterocycles. The molecule has 0 fully saturated rings. The van der Waals surface area contributed by atoms with Gasteiger partial charge in [-0.25, -0.2) is 5.43 Å². The standard InChI is InChI=1S/C21H16BrN5OS2/c22-16-8-10-17(11-9-16)27-20(15-5-2-1-3-6-15)25-26-21(27)30-14-19(28)24-23-13-18-7-4-12-29-18/h1-13H,14H2,(H,24,28)/b23-13+. The molecule has 4 rings (SSSR count). The zero-order chi connectivity index (χ0) is 20.8. The van der Waals surface area contributed by atoms with Crippen LogP contribution in [-0.2, 0) is 4.79 Å². The van der Waals surface area contributed by atoms with E-state index in [-0.39, 0.29) is 11.7 Å². The first-order chi connectivity index (χ1) is 14.7. The number of hydrogen-bond donors (Lipinski definition) is 1. The summed E-state index contributed by atoms with van der Waals surface area (Å²) in [4.78, 5) is 13.2. The predicted octanol–water partition coefficient (Wildman–Crippen LogP) is 5.00. The summed E-state index contributed by atoms with van der Waals surface area (Å²) in [6, 6.07) is 21.6. The van der Waals surface area contributed by atoms with Gasteiger partial charge in [-0.2, -0.15) is 5.10 Å². The van der Waals surface area contributed by atoms with Crippen LogP contribution in [0.15, 0.2) is 86.8 Å². The normalized spacial score (nSPS) is 11.1. The van der Waals surface area contributed by atoms with E-state index >= 15 is 0 Å². The van der Waals surface area contributed by atoms with E-state index in [0.717, 1.165) is 26.4 Å². The molecule has 1 N–H and O–H groups in total. The summed E-state index contributed by atoms with van der Waals surface area (Å²) in [7, 11) is 0. The van der Waals surface area contributed by atoms with E-state index in [1.54, 1.807) is 17.6 Å². The number of rotatable bonds is 7. The third-order valence-corrected chi connectivity index (χ3v) is 6.27. The highest BCUT2D eigenvalue weighted by Crippen LogP contribution is 2.28. The molecule has 0 atom stereocenters. The summed E-state index contributed by atoms with van der Waals surface area (Å²) in [6.45, 7) is 0. The van der Waals surface area contributed by atoms with Crippen molar-refractivity contribution < 1.29 is 4.79 Å². The van der Waals surface area contributed by atoms with Crippen molar-refractivity contribution in [3.05, 3.63) is 81.5 Å². The van der Waals surface area contributed by atoms with Crippen LogP contribution in [0, 0.1) is 0 Å². The summed E-state index contributed by atoms with van der Waals surface area (Å²) >= 11 is 6.33. The van der Waals surface area contributed by atoms with Crippen LogP contribution in [-0.4, -0.2) is 32.6 Å². The van der Waals surface area contributed by atoms with Gasteiger partial charge >= 0.3 is 0 Å². The lowest BCUT2D eigenvalue weighted by Crippen LogP contribution is -2.19. The molecule has 0 saturated carbocycles. The number of hydrogen-bond acceptors (Lipinski definition) is 6. The number of nitrogens with one attached hydrogen (secondary N) is 1. The van der Waals surface area contributed by atoms with Crippen LogP contribution in [0.25, 0.3) is 17.1 Å². The molecule has 150 valence electrons. The van der Waals surface area contributed by atoms with Gasteiger partial charge in [-0.15, -0.1) is 21.5 Å². The van der Waals surface area contributed by atoms with Crippen molar-refractivity contribution in [2.75, 3.05) is 5.75 Å². The molecule has 30 heavy (non-hydrogen) atoms. The summed E-state index contributed by atoms with van der Waals surface area (Å²) in [5.41, 5.74) is 4.42. The zero-order valence-electron chi connectivity index (χ0n) is 15.6. The first-order valence-corrected chi connectivity index (χ1v) is 11.6. The second-order valence-corrected chi connectivity index (χ2v) is 8.92. The third-order valence-electron chi connectivity index (χ3n) is 4.01. The monoisotopic (exact) mass is 497 g/mol. The number of carbonyl (C=O) groups excluding carboxylic acids is 1. The highest BCUT2D eigenvalue weighted by molar-refractivity contribution is 9.10. The fraction of sp³-hybridized carbons (Fsp3) is 0.0476. The molecular formula is C21H16BrN5OS2. The van der Waals surface area contributed by atoms with E-state index in [4.69, 9.17) is 0 Å². The van der Waals surface area contributed by atoms with Crippen molar-refractivity contribution in [3.8, 4) is 17.1 Å². The van der Waals surface area contributed by atoms with Crippen molar-refractivity contribution in [1.82, 2.24) is 20.2 Å². The number of carbonyl (C=O) groups is 1. The van der Waals surface area contributed by atoms with E-state index in [1.165, 1.54) is 11.8 Å². The van der Waals surface area contributed by atoms with Gasteiger partial charge in [-0.3, -0.25) is 9.36 Å². The molecule has 2 aromatic carbocycles. The molecule has 2 heterocycles. The summed E-state index contributed by atoms with van der Waals surface area (Å²) in [5, 5.41) is 15.3. The van der Waals surface area contributed by atoms with Gasteiger partial charge in [0, 0.05) is 20.6 Å². The van der Waals surface area contributed by atoms with Gasteiger partial charge < -0.3 is 0 Å². The highest BCUT2D eigenvalue weighted by Gasteiger charge is 2.17. The lowest BCUT2D eigenvalue weighted by Gasteiger charge is -2.10. The second kappa shape index (κ2) is 9.84. The fourth-order valence-electron chi connectivity index (χ4n) is 2.66. The molecule has 2 aromatic heterocycles. The minimum absolute atomic E-state index is 0.172. The SMILES string of the molecule is O=C(CSc1nnc(-c2ccccc2)n1-c1ccc(Br)cc1)N/N=C/c1cccs1. The van der Waals surface area contributed by atoms with Crippen LogP contribution in [0.4, 0.5) is 0 Å². The minimum Gasteiger partial charge on any atom is -0.272 e. The average Bonchev–Trinajstić information content (AvgIpc) is 3.43. The fourth-order valence-corrected chi connectivity index (χ4v) is 4.25. The van der Waals surface area contributed by atoms with Gasteiger partial charge in [0.25, 0.3) is 5.91 Å². The number of thiophene rings is 1. The van der Waals surface area contributed by atoms with Crippen LogP contribution in [0.5, 0.6) is 0 Å². The number of thioether (sulfide) groups is 1. The largest absolute Gasteiger partial charge is 0.272 e. The van der Waals surface area contributed by atoms with Crippen molar-refractivity contribution in [3.63, 3.8) is 0 Å². The molecule has 9 heteroatoms. The van der Waals surface area contributed by atoms with E-state index in [0.29, 0.717) is 5.16 Å². The Morgan fingerprint density at radius 3 is 2.63 bits per heavy atom. The van der Waals surface area contributed by atoms with E-state index < -0.39 is 0 Å². The van der Waals surface area contributed by atoms with Crippen molar-refractivity contribution in [2.24, 2.45) is 5.10 Å². The third kappa shape index (κ3) is 5.05. The number of halogens is 1. The van der Waals surface area contributed by atoms with Crippen LogP contribution in [0.2, 0.25) is 0 Å². The number of aromatic nitrogens is 3. The molecule has 0 bridgehead atoms. The predicted molar refractivity (Wildman–Crippen MR) is 125 cm³/mol. The van der Waals surface area contributed by atoms with E-state index in [1.807, 2.05) is 76.7 Å². The summed E-state index contributed by atoms with van der Waals surface area (Å²) < 4.78 is 2.94. The Morgan fingerprint density at radius 1 is 1.10 bits per heavy atom. The molecule has 6 nitrogen and oxygen atoms in total. The van der Waals surface area contributed by atoms with Gasteiger partial charge in [0.1, 0.15) is 0 Å². The molecule has 4 aromatic rings. The van der Waals surface area contributed by atoms with Gasteiger partial charge in [-0.1, -0.05) is 64.1 Å². The maximum absolute atomic E-state index is 12.2. The van der Waals surface area contributed by atoms with Crippen molar-refractivity contribution in [1.29, 1.82) is 0 Å². The van der Waals surface area contributed by atoms with Crippen LogP contribution in [0.1, 0.15) is 4.88 Å². The number of hydrazone groups is 1. The average molecular weight is 498 g/mol. The lowest BCUT2D eigenvalue weighted by molar-refractivity contribution is -0.118. The van der Waals surface area contributed by atoms with Crippen molar-refractivity contribution >= 4 is 51.2 Å². The zero-order valence-corrected chi connectivity index (χ0v) is 18.8. The highest BCUT2D eigenvalue weighted by atomic mass is 79.9. The van der Waals surface area contributed by atoms with Gasteiger partial charge in [-0.05, 0) is 35.7 Å². The smallest absolute Gasteiger partial charge is 0.250 e. The molecule has 1 amide bonds. The van der Waals surface area contributed by atoms with Crippen LogP contribution in [0.3, 0.4) is 0 Å². The first-order valence-electron chi connectivity index (χ1n) is 8.96. The molecule has 0 aliphatic heterocycles. The number of amides is 1.